The lowest BCUT2D eigenvalue weighted by atomic mass is 10.1. The molecule has 0 aliphatic carbocycles. The van der Waals surface area contributed by atoms with Crippen LogP contribution in [0.2, 0.25) is 0 Å². The zero-order valence-corrected chi connectivity index (χ0v) is 15.6. The molecule has 28 heavy (non-hydrogen) atoms. The van der Waals surface area contributed by atoms with Gasteiger partial charge in [0.15, 0.2) is 0 Å². The van der Waals surface area contributed by atoms with Crippen LogP contribution >= 0.6 is 0 Å². The van der Waals surface area contributed by atoms with Crippen molar-refractivity contribution in [1.29, 1.82) is 0 Å². The van der Waals surface area contributed by atoms with Crippen molar-refractivity contribution in [2.24, 2.45) is 0 Å². The summed E-state index contributed by atoms with van der Waals surface area (Å²) in [6, 6.07) is 18.9. The smallest absolute Gasteiger partial charge is 0.257 e. The van der Waals surface area contributed by atoms with Crippen LogP contribution in [0.15, 0.2) is 73.1 Å². The number of hydrogen-bond donors (Lipinski definition) is 3. The Morgan fingerprint density at radius 2 is 1.54 bits per heavy atom. The van der Waals surface area contributed by atoms with Crippen molar-refractivity contribution >= 4 is 28.9 Å². The van der Waals surface area contributed by atoms with E-state index in [1.807, 2.05) is 18.2 Å². The summed E-state index contributed by atoms with van der Waals surface area (Å²) in [4.78, 5) is 27.7. The number of nitrogens with zero attached hydrogens (tertiary/aromatic N) is 1. The molecule has 3 aromatic rings. The maximum atomic E-state index is 12.5. The van der Waals surface area contributed by atoms with Crippen LogP contribution in [0.1, 0.15) is 22.8 Å². The summed E-state index contributed by atoms with van der Waals surface area (Å²) in [7, 11) is 0. The molecule has 0 unspecified atom stereocenters. The Kier molecular flexibility index (Phi) is 6.36. The maximum Gasteiger partial charge on any atom is 0.257 e. The summed E-state index contributed by atoms with van der Waals surface area (Å²) in [6.07, 6.45) is 4.12. The average Bonchev–Trinajstić information content (AvgIpc) is 2.70. The first-order valence-electron chi connectivity index (χ1n) is 9.02. The SMILES string of the molecule is CC(=O)Nc1ccc(NC(=O)c2cncc(NCCc3ccccc3)c2)cc1. The molecule has 6 nitrogen and oxygen atoms in total. The zero-order chi connectivity index (χ0) is 19.8. The van der Waals surface area contributed by atoms with E-state index in [-0.39, 0.29) is 11.8 Å². The lowest BCUT2D eigenvalue weighted by Gasteiger charge is -2.09. The van der Waals surface area contributed by atoms with Crippen LogP contribution in [0.25, 0.3) is 0 Å². The van der Waals surface area contributed by atoms with Crippen LogP contribution < -0.4 is 16.0 Å². The first kappa shape index (κ1) is 19.1. The van der Waals surface area contributed by atoms with E-state index in [1.54, 1.807) is 36.5 Å². The highest BCUT2D eigenvalue weighted by Crippen LogP contribution is 2.16. The number of benzene rings is 2. The van der Waals surface area contributed by atoms with Gasteiger partial charge in [0.2, 0.25) is 5.91 Å². The molecule has 6 heteroatoms. The third kappa shape index (κ3) is 5.67. The molecule has 1 heterocycles. The number of anilines is 3. The number of hydrogen-bond acceptors (Lipinski definition) is 4. The Morgan fingerprint density at radius 1 is 0.857 bits per heavy atom. The van der Waals surface area contributed by atoms with Gasteiger partial charge in [-0.05, 0) is 42.3 Å². The highest BCUT2D eigenvalue weighted by Gasteiger charge is 2.08. The summed E-state index contributed by atoms with van der Waals surface area (Å²) in [6.45, 7) is 2.20. The Labute approximate surface area is 164 Å². The molecule has 0 atom stereocenters. The van der Waals surface area contributed by atoms with Crippen LogP contribution in [0.4, 0.5) is 17.1 Å². The van der Waals surface area contributed by atoms with Gasteiger partial charge in [0, 0.05) is 37.2 Å². The van der Waals surface area contributed by atoms with Gasteiger partial charge in [0.1, 0.15) is 0 Å². The van der Waals surface area contributed by atoms with E-state index in [2.05, 4.69) is 33.1 Å². The van der Waals surface area contributed by atoms with Gasteiger partial charge in [-0.3, -0.25) is 14.6 Å². The van der Waals surface area contributed by atoms with Crippen LogP contribution in [-0.2, 0) is 11.2 Å². The standard InChI is InChI=1S/C22H22N4O2/c1-16(27)25-19-7-9-20(10-8-19)26-22(28)18-13-21(15-23-14-18)24-12-11-17-5-3-2-4-6-17/h2-10,13-15,24H,11-12H2,1H3,(H,25,27)(H,26,28). The van der Waals surface area contributed by atoms with Gasteiger partial charge in [0.05, 0.1) is 11.3 Å². The Hall–Kier alpha value is -3.67. The fourth-order valence-electron chi connectivity index (χ4n) is 2.70. The van der Waals surface area contributed by atoms with Gasteiger partial charge in [-0.25, -0.2) is 0 Å². The van der Waals surface area contributed by atoms with Gasteiger partial charge < -0.3 is 16.0 Å². The highest BCUT2D eigenvalue weighted by atomic mass is 16.2. The molecule has 0 saturated carbocycles. The third-order valence-corrected chi connectivity index (χ3v) is 4.05. The molecule has 2 aromatic carbocycles. The van der Waals surface area contributed by atoms with E-state index < -0.39 is 0 Å². The van der Waals surface area contributed by atoms with Crippen molar-refractivity contribution < 1.29 is 9.59 Å². The van der Waals surface area contributed by atoms with Gasteiger partial charge in [-0.15, -0.1) is 0 Å². The van der Waals surface area contributed by atoms with Crippen molar-refractivity contribution in [2.75, 3.05) is 22.5 Å². The highest BCUT2D eigenvalue weighted by molar-refractivity contribution is 6.04. The van der Waals surface area contributed by atoms with Crippen molar-refractivity contribution in [1.82, 2.24) is 4.98 Å². The molecule has 3 N–H and O–H groups in total. The lowest BCUT2D eigenvalue weighted by Crippen LogP contribution is -2.13. The van der Waals surface area contributed by atoms with Crippen LogP contribution in [0, 0.1) is 0 Å². The van der Waals surface area contributed by atoms with E-state index >= 15 is 0 Å². The second-order valence-electron chi connectivity index (χ2n) is 6.34. The summed E-state index contributed by atoms with van der Waals surface area (Å²) < 4.78 is 0. The molecule has 0 aliphatic rings. The first-order valence-corrected chi connectivity index (χ1v) is 9.02. The number of nitrogens with one attached hydrogen (secondary N) is 3. The minimum absolute atomic E-state index is 0.139. The predicted molar refractivity (Wildman–Crippen MR) is 112 cm³/mol. The molecule has 0 fully saturated rings. The minimum Gasteiger partial charge on any atom is -0.383 e. The molecule has 0 saturated heterocycles. The Balaban J connectivity index is 1.56. The van der Waals surface area contributed by atoms with Crippen molar-refractivity contribution in [3.05, 3.63) is 84.2 Å². The van der Waals surface area contributed by atoms with Gasteiger partial charge in [-0.2, -0.15) is 0 Å². The summed E-state index contributed by atoms with van der Waals surface area (Å²) in [5, 5.41) is 8.81. The van der Waals surface area contributed by atoms with E-state index in [9.17, 15) is 9.59 Å². The molecule has 2 amide bonds. The molecular weight excluding hydrogens is 352 g/mol. The Morgan fingerprint density at radius 3 is 2.21 bits per heavy atom. The monoisotopic (exact) mass is 374 g/mol. The quantitative estimate of drug-likeness (QED) is 0.585. The van der Waals surface area contributed by atoms with Crippen LogP contribution in [0.5, 0.6) is 0 Å². The molecule has 142 valence electrons. The maximum absolute atomic E-state index is 12.5. The number of aromatic nitrogens is 1. The fraction of sp³-hybridized carbons (Fsp3) is 0.136. The second kappa shape index (κ2) is 9.32. The normalized spacial score (nSPS) is 10.2. The van der Waals surface area contributed by atoms with Gasteiger partial charge >= 0.3 is 0 Å². The third-order valence-electron chi connectivity index (χ3n) is 4.05. The zero-order valence-electron chi connectivity index (χ0n) is 15.6. The van der Waals surface area contributed by atoms with Gasteiger partial charge in [0.25, 0.3) is 5.91 Å². The van der Waals surface area contributed by atoms with E-state index in [4.69, 9.17) is 0 Å². The number of carbonyl (C=O) groups excluding carboxylic acids is 2. The van der Waals surface area contributed by atoms with E-state index in [0.29, 0.717) is 16.9 Å². The van der Waals surface area contributed by atoms with Gasteiger partial charge in [-0.1, -0.05) is 30.3 Å². The largest absolute Gasteiger partial charge is 0.383 e. The van der Waals surface area contributed by atoms with Crippen molar-refractivity contribution in [2.45, 2.75) is 13.3 Å². The molecule has 0 aliphatic heterocycles. The molecule has 0 bridgehead atoms. The Bertz CT molecular complexity index is 940. The number of carbonyl (C=O) groups is 2. The number of amides is 2. The second-order valence-corrected chi connectivity index (χ2v) is 6.34. The first-order chi connectivity index (χ1) is 13.6. The molecule has 0 radical (unpaired) electrons. The minimum atomic E-state index is -0.244. The number of pyridine rings is 1. The molecule has 3 rings (SSSR count). The van der Waals surface area contributed by atoms with Crippen molar-refractivity contribution in [3.63, 3.8) is 0 Å². The van der Waals surface area contributed by atoms with Crippen LogP contribution in [-0.4, -0.2) is 23.3 Å². The topological polar surface area (TPSA) is 83.1 Å². The van der Waals surface area contributed by atoms with E-state index in [1.165, 1.54) is 18.7 Å². The predicted octanol–water partition coefficient (Wildman–Crippen LogP) is 3.95. The molecule has 1 aromatic heterocycles. The van der Waals surface area contributed by atoms with Crippen LogP contribution in [0.3, 0.4) is 0 Å². The van der Waals surface area contributed by atoms with E-state index in [0.717, 1.165) is 18.7 Å². The fourth-order valence-corrected chi connectivity index (χ4v) is 2.70. The summed E-state index contributed by atoms with van der Waals surface area (Å²) in [5.41, 5.74) is 3.83. The summed E-state index contributed by atoms with van der Waals surface area (Å²) in [5.74, 6) is -0.383. The summed E-state index contributed by atoms with van der Waals surface area (Å²) >= 11 is 0. The average molecular weight is 374 g/mol. The molecule has 0 spiro atoms. The number of rotatable bonds is 7. The lowest BCUT2D eigenvalue weighted by molar-refractivity contribution is -0.114. The van der Waals surface area contributed by atoms with Crippen molar-refractivity contribution in [3.8, 4) is 0 Å². The molecular formula is C22H22N4O2.